The largest absolute Gasteiger partial charge is 0.433 e. The molecule has 3 aromatic rings. The normalized spacial score (nSPS) is 11.8. The average Bonchev–Trinajstić information content (AvgIpc) is 3.16. The van der Waals surface area contributed by atoms with Crippen LogP contribution in [0.5, 0.6) is 0 Å². The lowest BCUT2D eigenvalue weighted by atomic mass is 10.1. The monoisotopic (exact) mass is 453 g/mol. The van der Waals surface area contributed by atoms with E-state index in [1.165, 1.54) is 11.3 Å². The van der Waals surface area contributed by atoms with Crippen molar-refractivity contribution < 1.29 is 23.4 Å². The fraction of sp³-hybridized carbons (Fsp3) is 0.350. The molecular formula is C20H22F3N5O2S. The van der Waals surface area contributed by atoms with E-state index in [1.54, 1.807) is 18.3 Å². The fourth-order valence-electron chi connectivity index (χ4n) is 2.96. The average molecular weight is 453 g/mol. The first-order valence-electron chi connectivity index (χ1n) is 9.46. The molecule has 0 saturated carbocycles. The topological polar surface area (TPSA) is 94.4 Å². The van der Waals surface area contributed by atoms with E-state index in [0.29, 0.717) is 25.3 Å². The molecule has 0 unspecified atom stereocenters. The Bertz CT molecular complexity index is 1010. The second-order valence-electron chi connectivity index (χ2n) is 6.82. The number of halogens is 3. The molecule has 7 nitrogen and oxygen atoms in total. The van der Waals surface area contributed by atoms with Crippen molar-refractivity contribution in [3.8, 4) is 10.4 Å². The Morgan fingerprint density at radius 2 is 1.84 bits per heavy atom. The molecule has 3 N–H and O–H groups in total. The predicted molar refractivity (Wildman–Crippen MR) is 112 cm³/mol. The molecule has 0 fully saturated rings. The Hall–Kier alpha value is -2.60. The van der Waals surface area contributed by atoms with Gasteiger partial charge in [-0.05, 0) is 36.2 Å². The van der Waals surface area contributed by atoms with Gasteiger partial charge in [0.1, 0.15) is 10.7 Å². The van der Waals surface area contributed by atoms with Gasteiger partial charge in [0.2, 0.25) is 5.95 Å². The third-order valence-corrected chi connectivity index (χ3v) is 5.34. The summed E-state index contributed by atoms with van der Waals surface area (Å²) in [7, 11) is 0. The van der Waals surface area contributed by atoms with Crippen molar-refractivity contribution >= 4 is 23.0 Å². The van der Waals surface area contributed by atoms with Crippen molar-refractivity contribution in [2.45, 2.75) is 19.6 Å². The third-order valence-electron chi connectivity index (χ3n) is 4.31. The third kappa shape index (κ3) is 6.44. The minimum atomic E-state index is -4.55. The van der Waals surface area contributed by atoms with Crippen molar-refractivity contribution in [1.82, 2.24) is 19.9 Å². The highest BCUT2D eigenvalue weighted by molar-refractivity contribution is 7.15. The van der Waals surface area contributed by atoms with Gasteiger partial charge in [0.05, 0.1) is 24.6 Å². The first kappa shape index (κ1) is 23.1. The SMILES string of the molecule is Cc1cc(Nc2nccc(C(F)(F)F)n2)cc(-c2cnc(CN(CCO)CCO)s2)c1. The first-order chi connectivity index (χ1) is 14.8. The van der Waals surface area contributed by atoms with E-state index < -0.39 is 11.9 Å². The molecule has 0 amide bonds. The zero-order chi connectivity index (χ0) is 22.4. The van der Waals surface area contributed by atoms with E-state index in [0.717, 1.165) is 33.3 Å². The number of hydrogen-bond acceptors (Lipinski definition) is 8. The summed E-state index contributed by atoms with van der Waals surface area (Å²) in [6, 6.07) is 6.36. The van der Waals surface area contributed by atoms with E-state index in [9.17, 15) is 13.2 Å². The molecule has 3 rings (SSSR count). The first-order valence-corrected chi connectivity index (χ1v) is 10.3. The van der Waals surface area contributed by atoms with Gasteiger partial charge in [-0.3, -0.25) is 4.90 Å². The van der Waals surface area contributed by atoms with Crippen LogP contribution in [0.4, 0.5) is 24.8 Å². The molecule has 0 radical (unpaired) electrons. The number of alkyl halides is 3. The molecule has 0 atom stereocenters. The number of hydrogen-bond donors (Lipinski definition) is 3. The van der Waals surface area contributed by atoms with Gasteiger partial charge in [-0.25, -0.2) is 15.0 Å². The Kier molecular flexibility index (Phi) is 7.55. The number of aromatic nitrogens is 3. The summed E-state index contributed by atoms with van der Waals surface area (Å²) in [6.07, 6.45) is -1.75. The van der Waals surface area contributed by atoms with Gasteiger partial charge < -0.3 is 15.5 Å². The van der Waals surface area contributed by atoms with Crippen LogP contribution in [0.2, 0.25) is 0 Å². The highest BCUT2D eigenvalue weighted by atomic mass is 32.1. The smallest absolute Gasteiger partial charge is 0.395 e. The highest BCUT2D eigenvalue weighted by Gasteiger charge is 2.32. The predicted octanol–water partition coefficient (Wildman–Crippen LogP) is 3.46. The number of thiazole rings is 1. The number of aliphatic hydroxyl groups excluding tert-OH is 2. The van der Waals surface area contributed by atoms with Gasteiger partial charge in [-0.1, -0.05) is 6.07 Å². The fourth-order valence-corrected chi connectivity index (χ4v) is 3.91. The zero-order valence-electron chi connectivity index (χ0n) is 16.7. The summed E-state index contributed by atoms with van der Waals surface area (Å²) >= 11 is 1.47. The van der Waals surface area contributed by atoms with Crippen LogP contribution in [-0.4, -0.2) is 56.4 Å². The van der Waals surface area contributed by atoms with Gasteiger partial charge in [-0.15, -0.1) is 11.3 Å². The number of nitrogens with zero attached hydrogens (tertiary/aromatic N) is 4. The van der Waals surface area contributed by atoms with Crippen molar-refractivity contribution in [2.24, 2.45) is 0 Å². The van der Waals surface area contributed by atoms with Crippen molar-refractivity contribution in [3.63, 3.8) is 0 Å². The number of benzene rings is 1. The van der Waals surface area contributed by atoms with Gasteiger partial charge in [0.25, 0.3) is 0 Å². The van der Waals surface area contributed by atoms with E-state index in [2.05, 4.69) is 20.3 Å². The number of nitrogens with one attached hydrogen (secondary N) is 1. The standard InChI is InChI=1S/C20H22F3N5O2S/c1-13-8-14(16-11-25-18(31-16)12-28(4-6-29)5-7-30)10-15(9-13)26-19-24-3-2-17(27-19)20(21,22)23/h2-3,8-11,29-30H,4-7,12H2,1H3,(H,24,26,27). The molecule has 0 aliphatic carbocycles. The van der Waals surface area contributed by atoms with Crippen LogP contribution in [-0.2, 0) is 12.7 Å². The summed E-state index contributed by atoms with van der Waals surface area (Å²) in [5.74, 6) is -0.139. The molecule has 0 aliphatic heterocycles. The second-order valence-corrected chi connectivity index (χ2v) is 7.93. The molecule has 2 heterocycles. The van der Waals surface area contributed by atoms with Crippen molar-refractivity contribution in [3.05, 3.63) is 52.9 Å². The van der Waals surface area contributed by atoms with Crippen LogP contribution in [0.15, 0.2) is 36.7 Å². The summed E-state index contributed by atoms with van der Waals surface area (Å²) < 4.78 is 38.7. The molecular weight excluding hydrogens is 431 g/mol. The van der Waals surface area contributed by atoms with Crippen LogP contribution in [0.25, 0.3) is 10.4 Å². The minimum Gasteiger partial charge on any atom is -0.395 e. The Morgan fingerprint density at radius 1 is 1.10 bits per heavy atom. The molecule has 166 valence electrons. The molecule has 0 saturated heterocycles. The Balaban J connectivity index is 1.80. The number of aryl methyl sites for hydroxylation is 1. The van der Waals surface area contributed by atoms with Crippen molar-refractivity contribution in [2.75, 3.05) is 31.6 Å². The zero-order valence-corrected chi connectivity index (χ0v) is 17.5. The highest BCUT2D eigenvalue weighted by Crippen LogP contribution is 2.31. The maximum Gasteiger partial charge on any atom is 0.433 e. The van der Waals surface area contributed by atoms with E-state index >= 15 is 0 Å². The number of rotatable bonds is 9. The van der Waals surface area contributed by atoms with Crippen molar-refractivity contribution in [1.29, 1.82) is 0 Å². The number of aliphatic hydroxyl groups is 2. The molecule has 2 aromatic heterocycles. The van der Waals surface area contributed by atoms with Gasteiger partial charge in [0.15, 0.2) is 0 Å². The Labute approximate surface area is 181 Å². The molecule has 0 bridgehead atoms. The van der Waals surface area contributed by atoms with E-state index in [4.69, 9.17) is 10.2 Å². The second kappa shape index (κ2) is 10.1. The lowest BCUT2D eigenvalue weighted by molar-refractivity contribution is -0.141. The summed E-state index contributed by atoms with van der Waals surface area (Å²) in [6.45, 7) is 3.23. The quantitative estimate of drug-likeness (QED) is 0.457. The number of anilines is 2. The summed E-state index contributed by atoms with van der Waals surface area (Å²) in [5.41, 5.74) is 1.31. The van der Waals surface area contributed by atoms with E-state index in [-0.39, 0.29) is 19.2 Å². The maximum atomic E-state index is 12.9. The lowest BCUT2D eigenvalue weighted by Crippen LogP contribution is -2.29. The van der Waals surface area contributed by atoms with Crippen LogP contribution in [0.1, 0.15) is 16.3 Å². The lowest BCUT2D eigenvalue weighted by Gasteiger charge is -2.18. The van der Waals surface area contributed by atoms with Crippen LogP contribution < -0.4 is 5.32 Å². The van der Waals surface area contributed by atoms with Gasteiger partial charge in [0, 0.05) is 31.2 Å². The molecule has 0 aliphatic rings. The summed E-state index contributed by atoms with van der Waals surface area (Å²) in [4.78, 5) is 14.6. The van der Waals surface area contributed by atoms with Gasteiger partial charge >= 0.3 is 6.18 Å². The molecule has 11 heteroatoms. The molecule has 0 spiro atoms. The van der Waals surface area contributed by atoms with Gasteiger partial charge in [-0.2, -0.15) is 13.2 Å². The molecule has 1 aromatic carbocycles. The Morgan fingerprint density at radius 3 is 2.52 bits per heavy atom. The molecule has 31 heavy (non-hydrogen) atoms. The van der Waals surface area contributed by atoms with Crippen LogP contribution in [0.3, 0.4) is 0 Å². The summed E-state index contributed by atoms with van der Waals surface area (Å²) in [5, 5.41) is 22.0. The van der Waals surface area contributed by atoms with E-state index in [1.807, 2.05) is 17.9 Å². The van der Waals surface area contributed by atoms with Crippen LogP contribution in [0, 0.1) is 6.92 Å². The minimum absolute atomic E-state index is 0.0112. The van der Waals surface area contributed by atoms with Crippen LogP contribution >= 0.6 is 11.3 Å². The maximum absolute atomic E-state index is 12.9.